The lowest BCUT2D eigenvalue weighted by molar-refractivity contribution is 0.174. The van der Waals surface area contributed by atoms with Gasteiger partial charge in [0, 0.05) is 17.8 Å². The molecule has 0 spiro atoms. The van der Waals surface area contributed by atoms with Crippen molar-refractivity contribution in [2.75, 3.05) is 6.79 Å². The normalized spacial score (nSPS) is 12.5. The van der Waals surface area contributed by atoms with Gasteiger partial charge in [-0.3, -0.25) is 0 Å². The minimum absolute atomic E-state index is 0.0347. The number of hydrogen-bond donors (Lipinski definition) is 1. The summed E-state index contributed by atoms with van der Waals surface area (Å²) in [4.78, 5) is 4.38. The van der Waals surface area contributed by atoms with Gasteiger partial charge in [-0.25, -0.2) is 4.98 Å². The molecule has 0 saturated heterocycles. The monoisotopic (exact) mass is 273 g/mol. The number of rotatable bonds is 4. The minimum Gasteiger partial charge on any atom is -0.454 e. The molecule has 5 nitrogen and oxygen atoms in total. The van der Waals surface area contributed by atoms with Crippen molar-refractivity contribution in [1.29, 1.82) is 0 Å². The molecule has 3 rings (SSSR count). The predicted molar refractivity (Wildman–Crippen MR) is 72.2 cm³/mol. The molecule has 1 aromatic carbocycles. The minimum atomic E-state index is -0.0347. The lowest BCUT2D eigenvalue weighted by Gasteiger charge is -2.08. The zero-order valence-corrected chi connectivity index (χ0v) is 11.1. The smallest absolute Gasteiger partial charge is 0.231 e. The fraction of sp³-hybridized carbons (Fsp3) is 0.267. The van der Waals surface area contributed by atoms with Crippen molar-refractivity contribution in [3.8, 4) is 23.1 Å². The molecule has 2 heterocycles. The Kier molecular flexibility index (Phi) is 3.43. The third-order valence-electron chi connectivity index (χ3n) is 3.03. The molecule has 0 atom stereocenters. The van der Waals surface area contributed by atoms with E-state index in [0.717, 1.165) is 17.7 Å². The van der Waals surface area contributed by atoms with Crippen molar-refractivity contribution in [3.63, 3.8) is 0 Å². The van der Waals surface area contributed by atoms with Gasteiger partial charge >= 0.3 is 0 Å². The first-order chi connectivity index (χ1) is 9.78. The Morgan fingerprint density at radius 2 is 2.05 bits per heavy atom. The highest BCUT2D eigenvalue weighted by Crippen LogP contribution is 2.36. The van der Waals surface area contributed by atoms with Crippen LogP contribution < -0.4 is 14.2 Å². The van der Waals surface area contributed by atoms with E-state index < -0.39 is 0 Å². The summed E-state index contributed by atoms with van der Waals surface area (Å²) in [6.07, 6.45) is 0.783. The third-order valence-corrected chi connectivity index (χ3v) is 3.03. The summed E-state index contributed by atoms with van der Waals surface area (Å²) in [5.41, 5.74) is 1.67. The van der Waals surface area contributed by atoms with Gasteiger partial charge in [-0.1, -0.05) is 6.92 Å². The molecule has 0 fully saturated rings. The van der Waals surface area contributed by atoms with Crippen LogP contribution in [0.2, 0.25) is 0 Å². The summed E-state index contributed by atoms with van der Waals surface area (Å²) in [6, 6.07) is 8.96. The van der Waals surface area contributed by atoms with E-state index in [1.807, 2.05) is 13.0 Å². The van der Waals surface area contributed by atoms with Crippen LogP contribution in [0.25, 0.3) is 0 Å². The topological polar surface area (TPSA) is 60.8 Å². The van der Waals surface area contributed by atoms with Gasteiger partial charge in [0.05, 0.1) is 6.61 Å². The van der Waals surface area contributed by atoms with Gasteiger partial charge in [-0.15, -0.1) is 0 Å². The lowest BCUT2D eigenvalue weighted by atomic mass is 10.2. The van der Waals surface area contributed by atoms with Crippen LogP contribution in [0, 0.1) is 0 Å². The average molecular weight is 273 g/mol. The Balaban J connectivity index is 1.87. The molecule has 104 valence electrons. The van der Waals surface area contributed by atoms with Crippen LogP contribution in [0.15, 0.2) is 30.3 Å². The van der Waals surface area contributed by atoms with Crippen molar-refractivity contribution < 1.29 is 19.3 Å². The van der Waals surface area contributed by atoms with Gasteiger partial charge in [-0.2, -0.15) is 0 Å². The maximum absolute atomic E-state index is 9.26. The molecule has 1 N–H and O–H groups in total. The Labute approximate surface area is 116 Å². The summed E-state index contributed by atoms with van der Waals surface area (Å²) in [5, 5.41) is 9.26. The van der Waals surface area contributed by atoms with Crippen LogP contribution in [0.4, 0.5) is 0 Å². The first kappa shape index (κ1) is 12.7. The Morgan fingerprint density at radius 3 is 2.85 bits per heavy atom. The van der Waals surface area contributed by atoms with E-state index in [2.05, 4.69) is 4.98 Å². The predicted octanol–water partition coefficient (Wildman–Crippen LogP) is 2.66. The number of nitrogens with zero attached hydrogens (tertiary/aromatic N) is 1. The second-order valence-electron chi connectivity index (χ2n) is 4.43. The largest absolute Gasteiger partial charge is 0.454 e. The number of aliphatic hydroxyl groups excluding tert-OH is 1. The molecule has 0 saturated carbocycles. The molecule has 0 unspecified atom stereocenters. The van der Waals surface area contributed by atoms with Crippen molar-refractivity contribution in [1.82, 2.24) is 4.98 Å². The number of fused-ring (bicyclic) bond motifs is 1. The number of ether oxygens (including phenoxy) is 3. The van der Waals surface area contributed by atoms with E-state index in [-0.39, 0.29) is 13.4 Å². The number of benzene rings is 1. The summed E-state index contributed by atoms with van der Waals surface area (Å²) >= 11 is 0. The SMILES string of the molecule is CCc1cc(CO)cc(Oc2ccc3c(c2)OCO3)n1. The number of aromatic nitrogens is 1. The quantitative estimate of drug-likeness (QED) is 0.928. The molecular formula is C15H15NO4. The average Bonchev–Trinajstić information content (AvgIpc) is 2.94. The van der Waals surface area contributed by atoms with Crippen LogP contribution in [0.3, 0.4) is 0 Å². The summed E-state index contributed by atoms with van der Waals surface area (Å²) < 4.78 is 16.3. The zero-order chi connectivity index (χ0) is 13.9. The van der Waals surface area contributed by atoms with Crippen LogP contribution in [-0.2, 0) is 13.0 Å². The number of aryl methyl sites for hydroxylation is 1. The highest BCUT2D eigenvalue weighted by atomic mass is 16.7. The number of pyridine rings is 1. The maximum Gasteiger partial charge on any atom is 0.231 e. The van der Waals surface area contributed by atoms with Gasteiger partial charge in [0.1, 0.15) is 5.75 Å². The molecular weight excluding hydrogens is 258 g/mol. The maximum atomic E-state index is 9.26. The third kappa shape index (κ3) is 2.53. The fourth-order valence-corrected chi connectivity index (χ4v) is 2.01. The molecule has 1 aliphatic heterocycles. The van der Waals surface area contributed by atoms with E-state index in [4.69, 9.17) is 14.2 Å². The fourth-order valence-electron chi connectivity index (χ4n) is 2.01. The van der Waals surface area contributed by atoms with E-state index >= 15 is 0 Å². The van der Waals surface area contributed by atoms with Crippen molar-refractivity contribution in [2.45, 2.75) is 20.0 Å². The number of aliphatic hydroxyl groups is 1. The van der Waals surface area contributed by atoms with Crippen molar-refractivity contribution >= 4 is 0 Å². The summed E-state index contributed by atoms with van der Waals surface area (Å²) in [5.74, 6) is 2.46. The van der Waals surface area contributed by atoms with Crippen LogP contribution in [0.1, 0.15) is 18.2 Å². The second kappa shape index (κ2) is 5.38. The molecule has 1 aliphatic rings. The standard InChI is InChI=1S/C15H15NO4/c1-2-11-5-10(8-17)6-15(16-11)20-12-3-4-13-14(7-12)19-9-18-13/h3-7,17H,2,8-9H2,1H3. The van der Waals surface area contributed by atoms with E-state index in [9.17, 15) is 5.11 Å². The van der Waals surface area contributed by atoms with Crippen molar-refractivity contribution in [3.05, 3.63) is 41.6 Å². The van der Waals surface area contributed by atoms with Crippen LogP contribution in [0.5, 0.6) is 23.1 Å². The van der Waals surface area contributed by atoms with Gasteiger partial charge < -0.3 is 19.3 Å². The highest BCUT2D eigenvalue weighted by Gasteiger charge is 2.14. The first-order valence-electron chi connectivity index (χ1n) is 6.46. The Morgan fingerprint density at radius 1 is 1.20 bits per heavy atom. The van der Waals surface area contributed by atoms with Gasteiger partial charge in [0.15, 0.2) is 11.5 Å². The van der Waals surface area contributed by atoms with Crippen molar-refractivity contribution in [2.24, 2.45) is 0 Å². The molecule has 0 amide bonds. The molecule has 5 heteroatoms. The van der Waals surface area contributed by atoms with E-state index in [1.54, 1.807) is 24.3 Å². The lowest BCUT2D eigenvalue weighted by Crippen LogP contribution is -1.96. The molecule has 20 heavy (non-hydrogen) atoms. The highest BCUT2D eigenvalue weighted by molar-refractivity contribution is 5.47. The molecule has 0 aliphatic carbocycles. The van der Waals surface area contributed by atoms with E-state index in [1.165, 1.54) is 0 Å². The second-order valence-corrected chi connectivity index (χ2v) is 4.43. The van der Waals surface area contributed by atoms with E-state index in [0.29, 0.717) is 23.1 Å². The van der Waals surface area contributed by atoms with Gasteiger partial charge in [-0.05, 0) is 30.2 Å². The van der Waals surface area contributed by atoms with Gasteiger partial charge in [0.2, 0.25) is 12.7 Å². The Hall–Kier alpha value is -2.27. The molecule has 2 aromatic rings. The van der Waals surface area contributed by atoms with Crippen LogP contribution in [-0.4, -0.2) is 16.9 Å². The first-order valence-corrected chi connectivity index (χ1v) is 6.46. The van der Waals surface area contributed by atoms with Crippen LogP contribution >= 0.6 is 0 Å². The molecule has 0 bridgehead atoms. The molecule has 0 radical (unpaired) electrons. The summed E-state index contributed by atoms with van der Waals surface area (Å²) in [7, 11) is 0. The Bertz CT molecular complexity index is 605. The molecule has 1 aromatic heterocycles. The zero-order valence-electron chi connectivity index (χ0n) is 11.1. The van der Waals surface area contributed by atoms with Gasteiger partial charge in [0.25, 0.3) is 0 Å². The summed E-state index contributed by atoms with van der Waals surface area (Å²) in [6.45, 7) is 2.21. The number of hydrogen-bond acceptors (Lipinski definition) is 5.